The van der Waals surface area contributed by atoms with Crippen LogP contribution in [0.4, 0.5) is 0 Å². The van der Waals surface area contributed by atoms with Crippen LogP contribution in [-0.4, -0.2) is 49.3 Å². The molecule has 404 valence electrons. The van der Waals surface area contributed by atoms with Crippen LogP contribution in [0.3, 0.4) is 0 Å². The molecule has 0 bridgehead atoms. The summed E-state index contributed by atoms with van der Waals surface area (Å²) in [5.74, 6) is -0.855. The van der Waals surface area contributed by atoms with Gasteiger partial charge >= 0.3 is 19.8 Å². The molecule has 0 spiro atoms. The third kappa shape index (κ3) is 55.6. The van der Waals surface area contributed by atoms with E-state index in [2.05, 4.69) is 135 Å². The van der Waals surface area contributed by atoms with Gasteiger partial charge in [0.2, 0.25) is 0 Å². The van der Waals surface area contributed by atoms with Gasteiger partial charge in [0.1, 0.15) is 6.61 Å². The third-order valence-electron chi connectivity index (χ3n) is 11.3. The number of carbonyl (C=O) groups excluding carboxylic acids is 2. The first kappa shape index (κ1) is 67.4. The molecule has 2 unspecified atom stereocenters. The maximum absolute atomic E-state index is 12.7. The summed E-state index contributed by atoms with van der Waals surface area (Å²) in [7, 11) is -4.40. The summed E-state index contributed by atoms with van der Waals surface area (Å²) in [6, 6.07) is 0. The normalized spacial score (nSPS) is 14.0. The molecule has 9 nitrogen and oxygen atoms in total. The van der Waals surface area contributed by atoms with E-state index in [1.807, 2.05) is 0 Å². The van der Waals surface area contributed by atoms with Crippen molar-refractivity contribution in [3.8, 4) is 0 Å². The minimum absolute atomic E-state index is 0.0453. The van der Waals surface area contributed by atoms with Crippen molar-refractivity contribution in [3.63, 3.8) is 0 Å². The monoisotopic (exact) mass is 1010 g/mol. The molecule has 0 saturated heterocycles. The first-order chi connectivity index (χ1) is 34.8. The SMILES string of the molecule is CC/C=C\C/C=C\C/C=C\C/C=C\C/C=C\C/C=C\C/C=C\CCCCCCCCCCCCCCCC(=O)OC(COC(=O)CCCCCCC/C=C\C/C=C\C/C=C\CC)COP(=O)(O)OCCN. The zero-order valence-corrected chi connectivity index (χ0v) is 45.8. The predicted octanol–water partition coefficient (Wildman–Crippen LogP) is 17.6. The number of phosphoric acid groups is 1. The molecule has 0 aromatic carbocycles. The van der Waals surface area contributed by atoms with Crippen LogP contribution in [0.25, 0.3) is 0 Å². The Bertz CT molecular complexity index is 1570. The summed E-state index contributed by atoms with van der Waals surface area (Å²) < 4.78 is 32.9. The predicted molar refractivity (Wildman–Crippen MR) is 302 cm³/mol. The van der Waals surface area contributed by atoms with Crippen LogP contribution in [0.15, 0.2) is 122 Å². The maximum atomic E-state index is 12.7. The largest absolute Gasteiger partial charge is 0.472 e. The number of rotatable bonds is 51. The minimum atomic E-state index is -4.40. The van der Waals surface area contributed by atoms with Crippen molar-refractivity contribution >= 4 is 19.8 Å². The van der Waals surface area contributed by atoms with E-state index in [1.54, 1.807) is 0 Å². The van der Waals surface area contributed by atoms with Crippen LogP contribution < -0.4 is 5.73 Å². The molecule has 10 heteroatoms. The van der Waals surface area contributed by atoms with Crippen molar-refractivity contribution < 1.29 is 37.6 Å². The number of hydrogen-bond acceptors (Lipinski definition) is 8. The number of allylic oxidation sites excluding steroid dienone is 20. The Morgan fingerprint density at radius 3 is 1.08 bits per heavy atom. The number of unbranched alkanes of at least 4 members (excludes halogenated alkanes) is 18. The molecule has 0 aromatic rings. The number of carbonyl (C=O) groups is 2. The second-order valence-corrected chi connectivity index (χ2v) is 19.5. The lowest BCUT2D eigenvalue weighted by Crippen LogP contribution is -2.29. The highest BCUT2D eigenvalue weighted by atomic mass is 31.2. The van der Waals surface area contributed by atoms with E-state index in [0.29, 0.717) is 12.8 Å². The third-order valence-corrected chi connectivity index (χ3v) is 12.3. The molecular formula is C61H102NO8P. The maximum Gasteiger partial charge on any atom is 0.472 e. The van der Waals surface area contributed by atoms with Gasteiger partial charge in [-0.15, -0.1) is 0 Å². The zero-order chi connectivity index (χ0) is 51.7. The molecule has 0 aromatic heterocycles. The lowest BCUT2D eigenvalue weighted by molar-refractivity contribution is -0.161. The van der Waals surface area contributed by atoms with E-state index in [9.17, 15) is 19.0 Å². The smallest absolute Gasteiger partial charge is 0.462 e. The van der Waals surface area contributed by atoms with Gasteiger partial charge in [-0.2, -0.15) is 0 Å². The first-order valence-electron chi connectivity index (χ1n) is 28.0. The molecule has 0 amide bonds. The Balaban J connectivity index is 3.96. The minimum Gasteiger partial charge on any atom is -0.462 e. The van der Waals surface area contributed by atoms with Crippen LogP contribution in [0.5, 0.6) is 0 Å². The van der Waals surface area contributed by atoms with Gasteiger partial charge in [-0.1, -0.05) is 225 Å². The highest BCUT2D eigenvalue weighted by Crippen LogP contribution is 2.43. The van der Waals surface area contributed by atoms with E-state index < -0.39 is 32.5 Å². The van der Waals surface area contributed by atoms with E-state index in [0.717, 1.165) is 116 Å². The Hall–Kier alpha value is -3.59. The summed E-state index contributed by atoms with van der Waals surface area (Å²) in [5.41, 5.74) is 5.37. The number of esters is 2. The molecule has 71 heavy (non-hydrogen) atoms. The molecule has 0 aliphatic rings. The molecule has 0 aliphatic heterocycles. The highest BCUT2D eigenvalue weighted by molar-refractivity contribution is 7.47. The van der Waals surface area contributed by atoms with Crippen LogP contribution in [-0.2, 0) is 32.7 Å². The summed E-state index contributed by atoms with van der Waals surface area (Å²) in [4.78, 5) is 35.1. The standard InChI is InChI=1S/C61H102NO8P/c1-3-5-7-9-11-13-15-17-19-20-21-22-23-24-25-26-27-28-29-30-31-32-33-34-35-36-37-38-40-42-44-46-48-50-52-54-61(64)70-59(58-69-71(65,66)68-56-55-62)57-67-60(63)53-51-49-47-45-43-41-39-18-16-14-12-10-8-6-4-2/h5-8,11-14,17-19,21-22,24-25,27-28,30-31,39,59H,3-4,9-10,15-16,20,23,26,29,32-38,40-58,62H2,1-2H3,(H,65,66)/b7-5-,8-6-,13-11-,14-12-,19-17-,22-21-,25-24-,28-27-,31-30-,39-18-. The van der Waals surface area contributed by atoms with Crippen LogP contribution in [0.2, 0.25) is 0 Å². The summed E-state index contributed by atoms with van der Waals surface area (Å²) in [5, 5.41) is 0. The van der Waals surface area contributed by atoms with E-state index >= 15 is 0 Å². The number of phosphoric ester groups is 1. The average molecular weight is 1010 g/mol. The van der Waals surface area contributed by atoms with Crippen molar-refractivity contribution in [2.24, 2.45) is 5.73 Å². The van der Waals surface area contributed by atoms with Gasteiger partial charge in [0, 0.05) is 19.4 Å². The molecule has 0 fully saturated rings. The topological polar surface area (TPSA) is 134 Å². The summed E-state index contributed by atoms with van der Waals surface area (Å²) >= 11 is 0. The average Bonchev–Trinajstić information content (AvgIpc) is 3.36. The molecule has 0 aliphatic carbocycles. The Labute approximate surface area is 434 Å². The second kappa shape index (κ2) is 55.7. The van der Waals surface area contributed by atoms with E-state index in [1.165, 1.54) is 64.2 Å². The van der Waals surface area contributed by atoms with Crippen molar-refractivity contribution in [1.82, 2.24) is 0 Å². The molecular weight excluding hydrogens is 906 g/mol. The van der Waals surface area contributed by atoms with Crippen molar-refractivity contribution in [2.45, 2.75) is 225 Å². The number of nitrogens with two attached hydrogens (primary N) is 1. The van der Waals surface area contributed by atoms with Crippen molar-refractivity contribution in [2.75, 3.05) is 26.4 Å². The van der Waals surface area contributed by atoms with Gasteiger partial charge in [-0.25, -0.2) is 4.57 Å². The number of ether oxygens (including phenoxy) is 2. The fourth-order valence-electron chi connectivity index (χ4n) is 7.28. The Morgan fingerprint density at radius 2 is 0.732 bits per heavy atom. The molecule has 0 heterocycles. The Kier molecular flexibility index (Phi) is 52.9. The molecule has 0 radical (unpaired) electrons. The van der Waals surface area contributed by atoms with Gasteiger partial charge in [-0.05, 0) is 103 Å². The first-order valence-corrected chi connectivity index (χ1v) is 29.5. The van der Waals surface area contributed by atoms with E-state index in [-0.39, 0.29) is 32.6 Å². The molecule has 0 rings (SSSR count). The second-order valence-electron chi connectivity index (χ2n) is 18.0. The van der Waals surface area contributed by atoms with Gasteiger partial charge in [0.15, 0.2) is 6.10 Å². The lowest BCUT2D eigenvalue weighted by atomic mass is 10.0. The zero-order valence-electron chi connectivity index (χ0n) is 44.9. The van der Waals surface area contributed by atoms with Crippen LogP contribution >= 0.6 is 7.82 Å². The van der Waals surface area contributed by atoms with Crippen molar-refractivity contribution in [1.29, 1.82) is 0 Å². The molecule has 2 atom stereocenters. The fraction of sp³-hybridized carbons (Fsp3) is 0.639. The summed E-state index contributed by atoms with van der Waals surface area (Å²) in [6.07, 6.45) is 76.8. The summed E-state index contributed by atoms with van der Waals surface area (Å²) in [6.45, 7) is 3.48. The Morgan fingerprint density at radius 1 is 0.423 bits per heavy atom. The van der Waals surface area contributed by atoms with Gasteiger partial charge < -0.3 is 20.1 Å². The van der Waals surface area contributed by atoms with Gasteiger partial charge in [0.25, 0.3) is 0 Å². The van der Waals surface area contributed by atoms with Crippen LogP contribution in [0, 0.1) is 0 Å². The van der Waals surface area contributed by atoms with Crippen LogP contribution in [0.1, 0.15) is 219 Å². The highest BCUT2D eigenvalue weighted by Gasteiger charge is 2.26. The fourth-order valence-corrected chi connectivity index (χ4v) is 8.04. The molecule has 0 saturated carbocycles. The van der Waals surface area contributed by atoms with Gasteiger partial charge in [0.05, 0.1) is 13.2 Å². The lowest BCUT2D eigenvalue weighted by Gasteiger charge is -2.19. The van der Waals surface area contributed by atoms with Crippen molar-refractivity contribution in [3.05, 3.63) is 122 Å². The molecule has 3 N–H and O–H groups in total. The van der Waals surface area contributed by atoms with E-state index in [4.69, 9.17) is 24.3 Å². The van der Waals surface area contributed by atoms with Gasteiger partial charge in [-0.3, -0.25) is 18.6 Å². The number of hydrogen-bond donors (Lipinski definition) is 2. The quantitative estimate of drug-likeness (QED) is 0.0264.